The van der Waals surface area contributed by atoms with Gasteiger partial charge in [0.05, 0.1) is 6.61 Å². The summed E-state index contributed by atoms with van der Waals surface area (Å²) in [6, 6.07) is 0. The first-order valence-electron chi connectivity index (χ1n) is 4.60. The molecular formula is C9H16O3. The summed E-state index contributed by atoms with van der Waals surface area (Å²) in [5.74, 6) is -0.0898. The van der Waals surface area contributed by atoms with Crippen molar-refractivity contribution in [3.63, 3.8) is 0 Å². The van der Waals surface area contributed by atoms with E-state index in [0.29, 0.717) is 13.0 Å². The van der Waals surface area contributed by atoms with Gasteiger partial charge in [0.1, 0.15) is 6.10 Å². The minimum Gasteiger partial charge on any atom is -0.460 e. The molecule has 1 unspecified atom stereocenters. The number of hydrogen-bond donors (Lipinski definition) is 0. The van der Waals surface area contributed by atoms with Crippen LogP contribution in [-0.2, 0) is 14.3 Å². The fraction of sp³-hybridized carbons (Fsp3) is 0.889. The molecule has 1 fully saturated rings. The van der Waals surface area contributed by atoms with E-state index in [4.69, 9.17) is 9.47 Å². The molecule has 0 aliphatic carbocycles. The smallest absolute Gasteiger partial charge is 0.306 e. The highest BCUT2D eigenvalue weighted by molar-refractivity contribution is 5.69. The van der Waals surface area contributed by atoms with Gasteiger partial charge < -0.3 is 9.47 Å². The van der Waals surface area contributed by atoms with Crippen molar-refractivity contribution in [2.75, 3.05) is 13.2 Å². The maximum atomic E-state index is 11.0. The largest absolute Gasteiger partial charge is 0.460 e. The zero-order valence-corrected chi connectivity index (χ0v) is 7.54. The summed E-state index contributed by atoms with van der Waals surface area (Å²) < 4.78 is 10.4. The van der Waals surface area contributed by atoms with Gasteiger partial charge in [-0.05, 0) is 19.3 Å². The van der Waals surface area contributed by atoms with E-state index in [-0.39, 0.29) is 12.1 Å². The second-order valence-corrected chi connectivity index (χ2v) is 3.08. The Morgan fingerprint density at radius 1 is 1.67 bits per heavy atom. The molecule has 1 aliphatic heterocycles. The Morgan fingerprint density at radius 3 is 3.08 bits per heavy atom. The van der Waals surface area contributed by atoms with Crippen LogP contribution in [0.3, 0.4) is 0 Å². The van der Waals surface area contributed by atoms with Crippen LogP contribution in [0, 0.1) is 0 Å². The summed E-state index contributed by atoms with van der Waals surface area (Å²) in [5.41, 5.74) is 0. The molecule has 1 heterocycles. The topological polar surface area (TPSA) is 35.5 Å². The van der Waals surface area contributed by atoms with Crippen LogP contribution in [0.15, 0.2) is 0 Å². The average molecular weight is 172 g/mol. The van der Waals surface area contributed by atoms with Crippen LogP contribution in [0.1, 0.15) is 32.6 Å². The van der Waals surface area contributed by atoms with Crippen LogP contribution < -0.4 is 0 Å². The summed E-state index contributed by atoms with van der Waals surface area (Å²) in [5, 5.41) is 0. The predicted molar refractivity (Wildman–Crippen MR) is 44.8 cm³/mol. The lowest BCUT2D eigenvalue weighted by Gasteiger charge is -2.21. The first kappa shape index (κ1) is 9.52. The van der Waals surface area contributed by atoms with Crippen molar-refractivity contribution in [2.24, 2.45) is 0 Å². The molecule has 3 nitrogen and oxygen atoms in total. The summed E-state index contributed by atoms with van der Waals surface area (Å²) in [4.78, 5) is 11.0. The molecule has 12 heavy (non-hydrogen) atoms. The van der Waals surface area contributed by atoms with Gasteiger partial charge in [0.15, 0.2) is 0 Å². The van der Waals surface area contributed by atoms with Crippen LogP contribution in [0.2, 0.25) is 0 Å². The molecule has 0 aromatic heterocycles. The summed E-state index contributed by atoms with van der Waals surface area (Å²) in [7, 11) is 0. The second-order valence-electron chi connectivity index (χ2n) is 3.08. The van der Waals surface area contributed by atoms with Gasteiger partial charge in [0.25, 0.3) is 0 Å². The Labute approximate surface area is 73.0 Å². The van der Waals surface area contributed by atoms with Crippen molar-refractivity contribution < 1.29 is 14.3 Å². The van der Waals surface area contributed by atoms with Crippen molar-refractivity contribution in [3.8, 4) is 0 Å². The van der Waals surface area contributed by atoms with E-state index in [1.54, 1.807) is 0 Å². The van der Waals surface area contributed by atoms with E-state index in [1.165, 1.54) is 0 Å². The third-order valence-corrected chi connectivity index (χ3v) is 1.87. The minimum atomic E-state index is -0.0898. The Morgan fingerprint density at radius 2 is 2.50 bits per heavy atom. The molecule has 1 saturated heterocycles. The van der Waals surface area contributed by atoms with E-state index in [2.05, 4.69) is 0 Å². The Hall–Kier alpha value is -0.570. The quantitative estimate of drug-likeness (QED) is 0.605. The van der Waals surface area contributed by atoms with Gasteiger partial charge in [0.2, 0.25) is 0 Å². The molecule has 1 rings (SSSR count). The number of ether oxygens (including phenoxy) is 2. The van der Waals surface area contributed by atoms with Gasteiger partial charge >= 0.3 is 5.97 Å². The van der Waals surface area contributed by atoms with Gasteiger partial charge in [-0.2, -0.15) is 0 Å². The molecule has 1 aliphatic rings. The number of carbonyl (C=O) groups is 1. The highest BCUT2D eigenvalue weighted by Gasteiger charge is 2.17. The zero-order chi connectivity index (χ0) is 8.81. The Kier molecular flexibility index (Phi) is 4.08. The molecule has 0 radical (unpaired) electrons. The molecule has 0 saturated carbocycles. The Balaban J connectivity index is 2.15. The van der Waals surface area contributed by atoms with Crippen LogP contribution in [0.5, 0.6) is 0 Å². The van der Waals surface area contributed by atoms with Gasteiger partial charge in [-0.15, -0.1) is 0 Å². The molecule has 0 spiro atoms. The third kappa shape index (κ3) is 3.22. The van der Waals surface area contributed by atoms with Crippen molar-refractivity contribution in [1.82, 2.24) is 0 Å². The van der Waals surface area contributed by atoms with Gasteiger partial charge in [-0.1, -0.05) is 6.92 Å². The monoisotopic (exact) mass is 172 g/mol. The van der Waals surface area contributed by atoms with E-state index in [1.807, 2.05) is 6.92 Å². The summed E-state index contributed by atoms with van der Waals surface area (Å²) in [6.07, 6.45) is 3.35. The third-order valence-electron chi connectivity index (χ3n) is 1.87. The minimum absolute atomic E-state index is 0.0119. The van der Waals surface area contributed by atoms with E-state index >= 15 is 0 Å². The lowest BCUT2D eigenvalue weighted by atomic mass is 10.2. The van der Waals surface area contributed by atoms with E-state index < -0.39 is 0 Å². The van der Waals surface area contributed by atoms with Gasteiger partial charge in [0, 0.05) is 13.0 Å². The lowest BCUT2D eigenvalue weighted by Crippen LogP contribution is -2.27. The van der Waals surface area contributed by atoms with Gasteiger partial charge in [-0.3, -0.25) is 4.79 Å². The van der Waals surface area contributed by atoms with Crippen molar-refractivity contribution in [1.29, 1.82) is 0 Å². The molecule has 1 atom stereocenters. The van der Waals surface area contributed by atoms with E-state index in [0.717, 1.165) is 25.9 Å². The molecule has 70 valence electrons. The molecule has 0 bridgehead atoms. The number of carbonyl (C=O) groups excluding carboxylic acids is 1. The van der Waals surface area contributed by atoms with Crippen LogP contribution in [0.25, 0.3) is 0 Å². The average Bonchev–Trinajstić information content (AvgIpc) is 2.06. The zero-order valence-electron chi connectivity index (χ0n) is 7.54. The highest BCUT2D eigenvalue weighted by atomic mass is 16.6. The molecule has 0 amide bonds. The first-order chi connectivity index (χ1) is 5.83. The maximum absolute atomic E-state index is 11.0. The fourth-order valence-corrected chi connectivity index (χ4v) is 1.25. The van der Waals surface area contributed by atoms with Gasteiger partial charge in [-0.25, -0.2) is 0 Å². The Bertz CT molecular complexity index is 139. The molecule has 0 aromatic rings. The van der Waals surface area contributed by atoms with E-state index in [9.17, 15) is 4.79 Å². The first-order valence-corrected chi connectivity index (χ1v) is 4.60. The van der Waals surface area contributed by atoms with Crippen molar-refractivity contribution in [2.45, 2.75) is 38.7 Å². The normalized spacial score (nSPS) is 23.6. The molecule has 0 N–H and O–H groups in total. The summed E-state index contributed by atoms with van der Waals surface area (Å²) >= 11 is 0. The fourth-order valence-electron chi connectivity index (χ4n) is 1.25. The molecular weight excluding hydrogens is 156 g/mol. The number of hydrogen-bond acceptors (Lipinski definition) is 3. The van der Waals surface area contributed by atoms with Crippen LogP contribution in [0.4, 0.5) is 0 Å². The second kappa shape index (κ2) is 5.14. The lowest BCUT2D eigenvalue weighted by molar-refractivity contribution is -0.155. The van der Waals surface area contributed by atoms with Crippen molar-refractivity contribution >= 4 is 5.97 Å². The standard InChI is InChI=1S/C9H16O3/c1-2-4-9(10)12-8-5-3-6-11-7-8/h8H,2-7H2,1H3. The molecule has 3 heteroatoms. The summed E-state index contributed by atoms with van der Waals surface area (Å²) in [6.45, 7) is 3.36. The maximum Gasteiger partial charge on any atom is 0.306 e. The van der Waals surface area contributed by atoms with Crippen molar-refractivity contribution in [3.05, 3.63) is 0 Å². The number of esters is 1. The SMILES string of the molecule is CCCC(=O)OC1CCCOC1. The van der Waals surface area contributed by atoms with Crippen LogP contribution in [-0.4, -0.2) is 25.3 Å². The molecule has 0 aromatic carbocycles. The predicted octanol–water partition coefficient (Wildman–Crippen LogP) is 1.51. The highest BCUT2D eigenvalue weighted by Crippen LogP contribution is 2.10. The number of rotatable bonds is 3. The van der Waals surface area contributed by atoms with Crippen LogP contribution >= 0.6 is 0 Å².